The number of phenols is 1. The van der Waals surface area contributed by atoms with E-state index in [2.05, 4.69) is 4.98 Å². The number of carbonyl (C=O) groups is 1. The van der Waals surface area contributed by atoms with Crippen LogP contribution in [0.4, 0.5) is 5.69 Å². The molecular weight excluding hydrogens is 322 g/mol. The molecule has 0 atom stereocenters. The molecule has 0 radical (unpaired) electrons. The summed E-state index contributed by atoms with van der Waals surface area (Å²) < 4.78 is 3.07. The predicted molar refractivity (Wildman–Crippen MR) is 96.8 cm³/mol. The van der Waals surface area contributed by atoms with Crippen molar-refractivity contribution in [3.8, 4) is 17.0 Å². The van der Waals surface area contributed by atoms with Crippen LogP contribution in [0, 0.1) is 0 Å². The minimum Gasteiger partial charge on any atom is -0.508 e. The standard InChI is InChI=1S/C18H15N3O2S/c1-11(22)20(2)13-5-3-12(4-6-13)15-10-21-16-9-14(23)7-8-17(16)24-18(21)19-15/h3-10,23H,1-2H3. The fraction of sp³-hybridized carbons (Fsp3) is 0.111. The largest absolute Gasteiger partial charge is 0.508 e. The molecule has 1 N–H and O–H groups in total. The van der Waals surface area contributed by atoms with Crippen LogP contribution < -0.4 is 4.90 Å². The van der Waals surface area contributed by atoms with Gasteiger partial charge in [0.15, 0.2) is 4.96 Å². The van der Waals surface area contributed by atoms with E-state index in [0.717, 1.165) is 32.1 Å². The van der Waals surface area contributed by atoms with Crippen molar-refractivity contribution < 1.29 is 9.90 Å². The van der Waals surface area contributed by atoms with Crippen molar-refractivity contribution in [3.63, 3.8) is 0 Å². The van der Waals surface area contributed by atoms with Gasteiger partial charge < -0.3 is 10.0 Å². The molecule has 2 aromatic heterocycles. The van der Waals surface area contributed by atoms with Crippen molar-refractivity contribution in [2.45, 2.75) is 6.92 Å². The number of aromatic nitrogens is 2. The van der Waals surface area contributed by atoms with Crippen LogP contribution in [-0.4, -0.2) is 27.4 Å². The number of thiazole rings is 1. The maximum Gasteiger partial charge on any atom is 0.223 e. The van der Waals surface area contributed by atoms with Gasteiger partial charge in [0.2, 0.25) is 5.91 Å². The molecule has 1 amide bonds. The van der Waals surface area contributed by atoms with Crippen LogP contribution in [0.2, 0.25) is 0 Å². The van der Waals surface area contributed by atoms with Crippen molar-refractivity contribution in [1.29, 1.82) is 0 Å². The molecule has 0 spiro atoms. The van der Waals surface area contributed by atoms with Crippen molar-refractivity contribution in [3.05, 3.63) is 48.7 Å². The molecule has 0 saturated heterocycles. The van der Waals surface area contributed by atoms with Gasteiger partial charge in [-0.2, -0.15) is 0 Å². The second-order valence-corrected chi connectivity index (χ2v) is 6.67. The number of amides is 1. The van der Waals surface area contributed by atoms with Gasteiger partial charge in [0, 0.05) is 37.5 Å². The van der Waals surface area contributed by atoms with Gasteiger partial charge in [-0.05, 0) is 24.3 Å². The molecule has 24 heavy (non-hydrogen) atoms. The third-order valence-electron chi connectivity index (χ3n) is 4.10. The zero-order chi connectivity index (χ0) is 16.8. The van der Waals surface area contributed by atoms with Crippen LogP contribution in [0.5, 0.6) is 5.75 Å². The van der Waals surface area contributed by atoms with E-state index in [0.29, 0.717) is 0 Å². The maximum atomic E-state index is 11.4. The smallest absolute Gasteiger partial charge is 0.223 e. The Balaban J connectivity index is 1.76. The highest BCUT2D eigenvalue weighted by Crippen LogP contribution is 2.31. The maximum absolute atomic E-state index is 11.4. The molecular formula is C18H15N3O2S. The van der Waals surface area contributed by atoms with Crippen LogP contribution in [0.3, 0.4) is 0 Å². The average molecular weight is 337 g/mol. The molecule has 5 nitrogen and oxygen atoms in total. The molecule has 4 aromatic rings. The average Bonchev–Trinajstić information content (AvgIpc) is 3.12. The molecule has 4 rings (SSSR count). The van der Waals surface area contributed by atoms with Crippen LogP contribution in [0.1, 0.15) is 6.92 Å². The van der Waals surface area contributed by atoms with E-state index in [4.69, 9.17) is 0 Å². The zero-order valence-corrected chi connectivity index (χ0v) is 14.0. The Kier molecular flexibility index (Phi) is 3.28. The minimum atomic E-state index is -0.00321. The topological polar surface area (TPSA) is 57.8 Å². The highest BCUT2D eigenvalue weighted by molar-refractivity contribution is 7.23. The van der Waals surface area contributed by atoms with E-state index < -0.39 is 0 Å². The van der Waals surface area contributed by atoms with Gasteiger partial charge in [0.25, 0.3) is 0 Å². The number of rotatable bonds is 2. The fourth-order valence-electron chi connectivity index (χ4n) is 2.66. The molecule has 0 aliphatic rings. The first-order valence-corrected chi connectivity index (χ1v) is 8.30. The summed E-state index contributed by atoms with van der Waals surface area (Å²) in [6.45, 7) is 1.54. The first-order valence-electron chi connectivity index (χ1n) is 7.48. The number of imidazole rings is 1. The second kappa shape index (κ2) is 5.35. The number of benzene rings is 2. The number of hydrogen-bond acceptors (Lipinski definition) is 4. The Morgan fingerprint density at radius 2 is 1.96 bits per heavy atom. The third-order valence-corrected chi connectivity index (χ3v) is 5.14. The van der Waals surface area contributed by atoms with Crippen LogP contribution >= 0.6 is 11.3 Å². The quantitative estimate of drug-likeness (QED) is 0.603. The molecule has 2 heterocycles. The van der Waals surface area contributed by atoms with E-state index in [1.807, 2.05) is 40.9 Å². The minimum absolute atomic E-state index is 0.00321. The van der Waals surface area contributed by atoms with Gasteiger partial charge in [0.05, 0.1) is 15.9 Å². The third kappa shape index (κ3) is 2.32. The first-order chi connectivity index (χ1) is 11.5. The number of fused-ring (bicyclic) bond motifs is 3. The number of aromatic hydroxyl groups is 1. The SMILES string of the molecule is CC(=O)N(C)c1ccc(-c2cn3c(n2)sc2ccc(O)cc23)cc1. The summed E-state index contributed by atoms with van der Waals surface area (Å²) in [5, 5.41) is 9.70. The number of hydrogen-bond donors (Lipinski definition) is 1. The Morgan fingerprint density at radius 1 is 1.21 bits per heavy atom. The van der Waals surface area contributed by atoms with Gasteiger partial charge in [-0.25, -0.2) is 4.98 Å². The van der Waals surface area contributed by atoms with Gasteiger partial charge in [-0.1, -0.05) is 23.5 Å². The Morgan fingerprint density at radius 3 is 2.67 bits per heavy atom. The highest BCUT2D eigenvalue weighted by Gasteiger charge is 2.11. The van der Waals surface area contributed by atoms with Crippen molar-refractivity contribution in [2.75, 3.05) is 11.9 Å². The predicted octanol–water partition coefficient (Wildman–Crippen LogP) is 3.90. The van der Waals surface area contributed by atoms with Crippen LogP contribution in [-0.2, 0) is 4.79 Å². The lowest BCUT2D eigenvalue weighted by atomic mass is 10.1. The van der Waals surface area contributed by atoms with E-state index in [9.17, 15) is 9.90 Å². The lowest BCUT2D eigenvalue weighted by molar-refractivity contribution is -0.116. The molecule has 0 unspecified atom stereocenters. The van der Waals surface area contributed by atoms with Crippen molar-refractivity contribution in [2.24, 2.45) is 0 Å². The number of nitrogens with zero attached hydrogens (tertiary/aromatic N) is 3. The lowest BCUT2D eigenvalue weighted by Crippen LogP contribution is -2.22. The molecule has 0 saturated carbocycles. The fourth-order valence-corrected chi connectivity index (χ4v) is 3.65. The van der Waals surface area contributed by atoms with E-state index in [1.54, 1.807) is 35.4 Å². The van der Waals surface area contributed by atoms with Crippen LogP contribution in [0.15, 0.2) is 48.7 Å². The Hall–Kier alpha value is -2.86. The van der Waals surface area contributed by atoms with E-state index in [-0.39, 0.29) is 11.7 Å². The summed E-state index contributed by atoms with van der Waals surface area (Å²) in [4.78, 5) is 18.6. The summed E-state index contributed by atoms with van der Waals surface area (Å²) in [5.74, 6) is 0.241. The normalized spacial score (nSPS) is 11.2. The highest BCUT2D eigenvalue weighted by atomic mass is 32.1. The monoisotopic (exact) mass is 337 g/mol. The number of phenolic OH excluding ortho intramolecular Hbond substituents is 1. The summed E-state index contributed by atoms with van der Waals surface area (Å²) in [6, 6.07) is 13.1. The molecule has 0 bridgehead atoms. The Bertz CT molecular complexity index is 1060. The Labute approximate surface area is 142 Å². The molecule has 0 aliphatic heterocycles. The lowest BCUT2D eigenvalue weighted by Gasteiger charge is -2.14. The summed E-state index contributed by atoms with van der Waals surface area (Å²) in [6.07, 6.45) is 1.97. The van der Waals surface area contributed by atoms with Gasteiger partial charge in [-0.15, -0.1) is 0 Å². The molecule has 2 aromatic carbocycles. The molecule has 0 fully saturated rings. The van der Waals surface area contributed by atoms with Crippen molar-refractivity contribution in [1.82, 2.24) is 9.38 Å². The number of anilines is 1. The second-order valence-electron chi connectivity index (χ2n) is 5.66. The zero-order valence-electron chi connectivity index (χ0n) is 13.2. The van der Waals surface area contributed by atoms with Crippen molar-refractivity contribution >= 4 is 38.1 Å². The molecule has 6 heteroatoms. The first kappa shape index (κ1) is 14.7. The van der Waals surface area contributed by atoms with Crippen LogP contribution in [0.25, 0.3) is 26.4 Å². The van der Waals surface area contributed by atoms with E-state index in [1.165, 1.54) is 6.92 Å². The molecule has 120 valence electrons. The van der Waals surface area contributed by atoms with Gasteiger partial charge >= 0.3 is 0 Å². The van der Waals surface area contributed by atoms with Gasteiger partial charge in [-0.3, -0.25) is 9.20 Å². The van der Waals surface area contributed by atoms with E-state index >= 15 is 0 Å². The van der Waals surface area contributed by atoms with Gasteiger partial charge in [0.1, 0.15) is 5.75 Å². The molecule has 0 aliphatic carbocycles. The summed E-state index contributed by atoms with van der Waals surface area (Å²) >= 11 is 1.59. The summed E-state index contributed by atoms with van der Waals surface area (Å²) in [7, 11) is 1.75. The summed E-state index contributed by atoms with van der Waals surface area (Å²) in [5.41, 5.74) is 3.65. The number of carbonyl (C=O) groups excluding carboxylic acids is 1.